The third-order valence-corrected chi connectivity index (χ3v) is 6.81. The lowest BCUT2D eigenvalue weighted by Gasteiger charge is -2.29. The molecule has 0 bridgehead atoms. The van der Waals surface area contributed by atoms with Crippen LogP contribution in [-0.4, -0.2) is 34.5 Å². The van der Waals surface area contributed by atoms with Crippen LogP contribution in [0.4, 0.5) is 5.69 Å². The highest BCUT2D eigenvalue weighted by atomic mass is 16.6. The molecule has 1 amide bonds. The highest BCUT2D eigenvalue weighted by molar-refractivity contribution is 5.93. The zero-order valence-electron chi connectivity index (χ0n) is 24.6. The second kappa shape index (κ2) is 12.3. The summed E-state index contributed by atoms with van der Waals surface area (Å²) in [6.45, 7) is 12.1. The van der Waals surface area contributed by atoms with Crippen molar-refractivity contribution in [2.24, 2.45) is 0 Å². The van der Waals surface area contributed by atoms with Gasteiger partial charge in [0, 0.05) is 12.2 Å². The minimum Gasteiger partial charge on any atom is -0.476 e. The molecule has 3 aromatic rings. The van der Waals surface area contributed by atoms with Crippen LogP contribution >= 0.6 is 0 Å². The lowest BCUT2D eigenvalue weighted by molar-refractivity contribution is -0.170. The van der Waals surface area contributed by atoms with Crippen molar-refractivity contribution in [1.82, 2.24) is 4.90 Å². The molecule has 1 aliphatic carbocycles. The first-order chi connectivity index (χ1) is 18.9. The van der Waals surface area contributed by atoms with Crippen LogP contribution in [0.1, 0.15) is 75.7 Å². The van der Waals surface area contributed by atoms with E-state index in [1.165, 1.54) is 17.5 Å². The molecule has 0 unspecified atom stereocenters. The van der Waals surface area contributed by atoms with E-state index in [1.54, 1.807) is 13.8 Å². The van der Waals surface area contributed by atoms with Crippen LogP contribution in [0.25, 0.3) is 0 Å². The summed E-state index contributed by atoms with van der Waals surface area (Å²) in [6, 6.07) is 17.7. The third kappa shape index (κ3) is 8.21. The second-order valence-electron chi connectivity index (χ2n) is 12.1. The van der Waals surface area contributed by atoms with E-state index in [4.69, 9.17) is 13.9 Å². The van der Waals surface area contributed by atoms with E-state index in [-0.39, 0.29) is 12.5 Å². The molecule has 1 N–H and O–H groups in total. The van der Waals surface area contributed by atoms with Crippen molar-refractivity contribution in [3.05, 3.63) is 82.8 Å². The molecule has 4 rings (SSSR count). The number of benzene rings is 2. The predicted octanol–water partition coefficient (Wildman–Crippen LogP) is 6.61. The van der Waals surface area contributed by atoms with Crippen molar-refractivity contribution in [1.29, 1.82) is 0 Å². The Morgan fingerprint density at radius 1 is 0.925 bits per heavy atom. The number of rotatable bonds is 10. The molecule has 0 saturated heterocycles. The quantitative estimate of drug-likeness (QED) is 0.288. The fraction of sp³-hybridized carbons (Fsp3) is 0.455. The molecule has 0 atom stereocenters. The Morgan fingerprint density at radius 2 is 1.65 bits per heavy atom. The van der Waals surface area contributed by atoms with E-state index in [1.807, 2.05) is 76.2 Å². The largest absolute Gasteiger partial charge is 0.476 e. The summed E-state index contributed by atoms with van der Waals surface area (Å²) < 4.78 is 17.3. The van der Waals surface area contributed by atoms with Crippen LogP contribution in [0.2, 0.25) is 0 Å². The number of ether oxygens (including phenoxy) is 2. The molecule has 7 heteroatoms. The van der Waals surface area contributed by atoms with Crippen molar-refractivity contribution in [3.63, 3.8) is 0 Å². The number of nitrogens with one attached hydrogen (secondary N) is 1. The van der Waals surface area contributed by atoms with Gasteiger partial charge < -0.3 is 19.2 Å². The molecule has 1 heterocycles. The molecule has 0 saturated carbocycles. The van der Waals surface area contributed by atoms with Gasteiger partial charge >= 0.3 is 5.97 Å². The average molecular weight is 547 g/mol. The zero-order chi connectivity index (χ0) is 28.9. The number of carbonyl (C=O) groups is 2. The Kier molecular flexibility index (Phi) is 9.04. The average Bonchev–Trinajstić information content (AvgIpc) is 3.28. The van der Waals surface area contributed by atoms with Crippen molar-refractivity contribution >= 4 is 17.6 Å². The number of carbonyl (C=O) groups excluding carboxylic acids is 2. The SMILES string of the molecule is Cc1ccc(CN(CC(=O)Nc2cccc3c2CCCC3)Cc2ccc(OC(C)(C)C(=O)OC(C)(C)C)cc2)o1. The molecule has 0 radical (unpaired) electrons. The summed E-state index contributed by atoms with van der Waals surface area (Å²) in [5.41, 5.74) is 2.81. The molecule has 40 heavy (non-hydrogen) atoms. The summed E-state index contributed by atoms with van der Waals surface area (Å²) in [5.74, 6) is 1.74. The van der Waals surface area contributed by atoms with Crippen LogP contribution in [0.5, 0.6) is 5.75 Å². The molecule has 1 aromatic heterocycles. The van der Waals surface area contributed by atoms with Crippen LogP contribution in [0.15, 0.2) is 59.0 Å². The number of aryl methyl sites for hydroxylation is 2. The molecule has 7 nitrogen and oxygen atoms in total. The Labute approximate surface area is 237 Å². The first-order valence-corrected chi connectivity index (χ1v) is 14.1. The minimum atomic E-state index is -1.13. The van der Waals surface area contributed by atoms with Crippen LogP contribution in [0, 0.1) is 6.92 Å². The molecule has 2 aromatic carbocycles. The number of nitrogens with zero attached hydrogens (tertiary/aromatic N) is 1. The fourth-order valence-corrected chi connectivity index (χ4v) is 4.91. The van der Waals surface area contributed by atoms with Gasteiger partial charge in [-0.1, -0.05) is 24.3 Å². The Balaban J connectivity index is 1.43. The maximum atomic E-state index is 13.2. The fourth-order valence-electron chi connectivity index (χ4n) is 4.91. The van der Waals surface area contributed by atoms with Gasteiger partial charge in [-0.3, -0.25) is 9.69 Å². The van der Waals surface area contributed by atoms with Gasteiger partial charge in [-0.15, -0.1) is 0 Å². The highest BCUT2D eigenvalue weighted by Gasteiger charge is 2.34. The summed E-state index contributed by atoms with van der Waals surface area (Å²) in [7, 11) is 0. The lowest BCUT2D eigenvalue weighted by atomic mass is 9.90. The maximum absolute atomic E-state index is 13.2. The van der Waals surface area contributed by atoms with E-state index in [2.05, 4.69) is 16.3 Å². The van der Waals surface area contributed by atoms with E-state index in [9.17, 15) is 9.59 Å². The van der Waals surface area contributed by atoms with E-state index < -0.39 is 17.2 Å². The smallest absolute Gasteiger partial charge is 0.350 e. The van der Waals surface area contributed by atoms with Crippen LogP contribution in [-0.2, 0) is 40.3 Å². The number of hydrogen-bond donors (Lipinski definition) is 1. The van der Waals surface area contributed by atoms with Gasteiger partial charge in [0.25, 0.3) is 0 Å². The summed E-state index contributed by atoms with van der Waals surface area (Å²) in [4.78, 5) is 27.9. The molecule has 0 spiro atoms. The normalized spacial score (nSPS) is 13.6. The number of esters is 1. The molecular weight excluding hydrogens is 504 g/mol. The molecule has 0 fully saturated rings. The Bertz CT molecular complexity index is 1320. The van der Waals surface area contributed by atoms with E-state index in [0.29, 0.717) is 18.8 Å². The van der Waals surface area contributed by atoms with E-state index in [0.717, 1.165) is 42.0 Å². The maximum Gasteiger partial charge on any atom is 0.350 e. The monoisotopic (exact) mass is 546 g/mol. The third-order valence-electron chi connectivity index (χ3n) is 6.81. The zero-order valence-corrected chi connectivity index (χ0v) is 24.6. The predicted molar refractivity (Wildman–Crippen MR) is 156 cm³/mol. The van der Waals surface area contributed by atoms with Gasteiger partial charge in [0.15, 0.2) is 5.60 Å². The van der Waals surface area contributed by atoms with Gasteiger partial charge in [-0.2, -0.15) is 0 Å². The Hall–Kier alpha value is -3.58. The number of fused-ring (bicyclic) bond motifs is 1. The van der Waals surface area contributed by atoms with Gasteiger partial charge in [-0.25, -0.2) is 4.79 Å². The topological polar surface area (TPSA) is 81.0 Å². The minimum absolute atomic E-state index is 0.0543. The van der Waals surface area contributed by atoms with Gasteiger partial charge in [0.2, 0.25) is 5.91 Å². The highest BCUT2D eigenvalue weighted by Crippen LogP contribution is 2.28. The van der Waals surface area contributed by atoms with Crippen molar-refractivity contribution in [2.45, 2.75) is 91.5 Å². The number of amides is 1. The van der Waals surface area contributed by atoms with E-state index >= 15 is 0 Å². The molecule has 0 aliphatic heterocycles. The van der Waals surface area contributed by atoms with Gasteiger partial charge in [-0.05, 0) is 114 Å². The first kappa shape index (κ1) is 29.4. The Morgan fingerprint density at radius 3 is 2.33 bits per heavy atom. The number of hydrogen-bond acceptors (Lipinski definition) is 6. The number of furan rings is 1. The van der Waals surface area contributed by atoms with Gasteiger partial charge in [0.05, 0.1) is 13.1 Å². The van der Waals surface area contributed by atoms with Crippen molar-refractivity contribution in [3.8, 4) is 5.75 Å². The van der Waals surface area contributed by atoms with Crippen molar-refractivity contribution in [2.75, 3.05) is 11.9 Å². The van der Waals surface area contributed by atoms with Crippen LogP contribution < -0.4 is 10.1 Å². The standard InChI is InChI=1S/C33H42N2O5/c1-23-14-17-27(38-23)21-35(22-30(36)34-29-13-9-11-25-10-7-8-12-28(25)29)20-24-15-18-26(19-16-24)39-33(5,6)31(37)40-32(2,3)4/h9,11,13-19H,7-8,10,12,20-22H2,1-6H3,(H,34,36). The summed E-state index contributed by atoms with van der Waals surface area (Å²) in [6.07, 6.45) is 4.42. The lowest BCUT2D eigenvalue weighted by Crippen LogP contribution is -2.43. The summed E-state index contributed by atoms with van der Waals surface area (Å²) >= 11 is 0. The number of anilines is 1. The molecule has 214 valence electrons. The van der Waals surface area contributed by atoms with Gasteiger partial charge in [0.1, 0.15) is 22.9 Å². The first-order valence-electron chi connectivity index (χ1n) is 14.1. The van der Waals surface area contributed by atoms with Crippen molar-refractivity contribution < 1.29 is 23.5 Å². The van der Waals surface area contributed by atoms with Crippen LogP contribution in [0.3, 0.4) is 0 Å². The molecular formula is C33H42N2O5. The summed E-state index contributed by atoms with van der Waals surface area (Å²) in [5, 5.41) is 3.16. The molecule has 1 aliphatic rings. The second-order valence-corrected chi connectivity index (χ2v) is 12.1.